The Balaban J connectivity index is 1.45. The smallest absolute Gasteiger partial charge is 0.240 e. The number of nitrogens with two attached hydrogens (primary N) is 1. The molecule has 0 saturated heterocycles. The van der Waals surface area contributed by atoms with Gasteiger partial charge in [-0.1, -0.05) is 43.2 Å². The lowest BCUT2D eigenvalue weighted by molar-refractivity contribution is 0.572. The van der Waals surface area contributed by atoms with Crippen molar-refractivity contribution in [3.63, 3.8) is 0 Å². The van der Waals surface area contributed by atoms with Crippen LogP contribution < -0.4 is 15.8 Å². The average Bonchev–Trinajstić information content (AvgIpc) is 3.38. The molecule has 200 valence electrons. The predicted octanol–water partition coefficient (Wildman–Crippen LogP) is 5.13. The first-order valence-electron chi connectivity index (χ1n) is 12.9. The molecule has 0 aliphatic carbocycles. The number of unbranched alkanes of at least 4 members (excludes halogenated alkanes) is 3. The fraction of sp³-hybridized carbons (Fsp3) is 0.321. The zero-order valence-corrected chi connectivity index (χ0v) is 22.7. The lowest BCUT2D eigenvalue weighted by atomic mass is 10.2. The minimum Gasteiger partial charge on any atom is -0.330 e. The van der Waals surface area contributed by atoms with E-state index in [-0.39, 0.29) is 10.9 Å². The van der Waals surface area contributed by atoms with Gasteiger partial charge in [-0.2, -0.15) is 0 Å². The molecule has 4 N–H and O–H groups in total. The molecule has 0 fully saturated rings. The van der Waals surface area contributed by atoms with Crippen molar-refractivity contribution >= 4 is 21.7 Å². The van der Waals surface area contributed by atoms with Gasteiger partial charge in [-0.25, -0.2) is 28.1 Å². The van der Waals surface area contributed by atoms with Crippen molar-refractivity contribution in [3.8, 4) is 22.8 Å². The van der Waals surface area contributed by atoms with E-state index >= 15 is 0 Å². The van der Waals surface area contributed by atoms with Crippen LogP contribution in [-0.2, 0) is 10.0 Å². The summed E-state index contributed by atoms with van der Waals surface area (Å²) in [5.41, 5.74) is 8.65. The Kier molecular flexibility index (Phi) is 9.22. The van der Waals surface area contributed by atoms with Gasteiger partial charge in [-0.3, -0.25) is 0 Å². The largest absolute Gasteiger partial charge is 0.330 e. The topological polar surface area (TPSA) is 128 Å². The van der Waals surface area contributed by atoms with Gasteiger partial charge in [0.1, 0.15) is 11.5 Å². The van der Waals surface area contributed by atoms with Crippen molar-refractivity contribution in [2.45, 2.75) is 50.5 Å². The number of anilines is 2. The SMILES string of the molecule is CC(C)n1cc(-c2ccnc(Nc3ccc(S(=O)(=O)NCCCCCCN)cc3)n2)nc1-c1ccccc1. The zero-order chi connectivity index (χ0) is 27.0. The van der Waals surface area contributed by atoms with Crippen LogP contribution in [0.2, 0.25) is 0 Å². The van der Waals surface area contributed by atoms with Crippen LogP contribution in [0, 0.1) is 0 Å². The molecule has 4 rings (SSSR count). The van der Waals surface area contributed by atoms with Crippen LogP contribution in [0.4, 0.5) is 11.6 Å². The first-order chi connectivity index (χ1) is 18.4. The van der Waals surface area contributed by atoms with Crippen LogP contribution in [0.3, 0.4) is 0 Å². The normalized spacial score (nSPS) is 11.7. The predicted molar refractivity (Wildman–Crippen MR) is 152 cm³/mol. The zero-order valence-electron chi connectivity index (χ0n) is 21.8. The Hall–Kier alpha value is -3.60. The summed E-state index contributed by atoms with van der Waals surface area (Å²) in [4.78, 5) is 14.1. The molecule has 0 saturated carbocycles. The number of nitrogens with one attached hydrogen (secondary N) is 2. The molecule has 38 heavy (non-hydrogen) atoms. The van der Waals surface area contributed by atoms with Crippen molar-refractivity contribution in [2.24, 2.45) is 5.73 Å². The van der Waals surface area contributed by atoms with Crippen LogP contribution >= 0.6 is 0 Å². The van der Waals surface area contributed by atoms with Crippen LogP contribution in [-0.4, -0.2) is 41.0 Å². The number of benzene rings is 2. The molecule has 0 spiro atoms. The molecule has 0 atom stereocenters. The summed E-state index contributed by atoms with van der Waals surface area (Å²) >= 11 is 0. The second-order valence-electron chi connectivity index (χ2n) is 9.33. The maximum atomic E-state index is 12.6. The molecule has 0 bridgehead atoms. The number of hydrogen-bond donors (Lipinski definition) is 3. The van der Waals surface area contributed by atoms with E-state index in [0.29, 0.717) is 30.4 Å². The van der Waals surface area contributed by atoms with Crippen LogP contribution in [0.15, 0.2) is 78.0 Å². The summed E-state index contributed by atoms with van der Waals surface area (Å²) < 4.78 is 30.0. The second-order valence-corrected chi connectivity index (χ2v) is 11.1. The van der Waals surface area contributed by atoms with E-state index in [1.54, 1.807) is 30.5 Å². The summed E-state index contributed by atoms with van der Waals surface area (Å²) in [7, 11) is -3.56. The molecule has 9 nitrogen and oxygen atoms in total. The van der Waals surface area contributed by atoms with Gasteiger partial charge in [-0.15, -0.1) is 0 Å². The molecule has 10 heteroatoms. The van der Waals surface area contributed by atoms with E-state index in [9.17, 15) is 8.42 Å². The highest BCUT2D eigenvalue weighted by Crippen LogP contribution is 2.27. The Bertz CT molecular complexity index is 1420. The Morgan fingerprint density at radius 3 is 2.34 bits per heavy atom. The highest BCUT2D eigenvalue weighted by Gasteiger charge is 2.16. The number of hydrogen-bond acceptors (Lipinski definition) is 7. The molecule has 0 radical (unpaired) electrons. The molecule has 0 aliphatic heterocycles. The lowest BCUT2D eigenvalue weighted by Crippen LogP contribution is -2.24. The minimum absolute atomic E-state index is 0.215. The van der Waals surface area contributed by atoms with E-state index < -0.39 is 10.0 Å². The molecular weight excluding hydrogens is 498 g/mol. The van der Waals surface area contributed by atoms with Gasteiger partial charge in [0.15, 0.2) is 0 Å². The van der Waals surface area contributed by atoms with Gasteiger partial charge < -0.3 is 15.6 Å². The van der Waals surface area contributed by atoms with Crippen molar-refractivity contribution < 1.29 is 8.42 Å². The molecule has 2 aromatic carbocycles. The monoisotopic (exact) mass is 533 g/mol. The summed E-state index contributed by atoms with van der Waals surface area (Å²) in [6.45, 7) is 5.31. The number of sulfonamides is 1. The van der Waals surface area contributed by atoms with Gasteiger partial charge in [0.05, 0.1) is 10.6 Å². The lowest BCUT2D eigenvalue weighted by Gasteiger charge is -2.10. The molecular formula is C28H35N7O2S. The quantitative estimate of drug-likeness (QED) is 0.203. The molecule has 0 unspecified atom stereocenters. The van der Waals surface area contributed by atoms with E-state index in [4.69, 9.17) is 10.7 Å². The molecule has 0 aliphatic rings. The molecule has 2 heterocycles. The minimum atomic E-state index is -3.56. The van der Waals surface area contributed by atoms with E-state index in [1.165, 1.54) is 0 Å². The fourth-order valence-corrected chi connectivity index (χ4v) is 5.11. The third kappa shape index (κ3) is 7.03. The Morgan fingerprint density at radius 1 is 0.895 bits per heavy atom. The number of nitrogens with zero attached hydrogens (tertiary/aromatic N) is 4. The van der Waals surface area contributed by atoms with E-state index in [1.807, 2.05) is 42.6 Å². The number of rotatable bonds is 13. The molecule has 0 amide bonds. The number of imidazole rings is 1. The van der Waals surface area contributed by atoms with Gasteiger partial charge in [0, 0.05) is 36.2 Å². The van der Waals surface area contributed by atoms with Gasteiger partial charge in [0.25, 0.3) is 0 Å². The van der Waals surface area contributed by atoms with Crippen LogP contribution in [0.1, 0.15) is 45.6 Å². The van der Waals surface area contributed by atoms with Crippen molar-refractivity contribution in [3.05, 3.63) is 73.1 Å². The first kappa shape index (κ1) is 27.4. The van der Waals surface area contributed by atoms with E-state index in [0.717, 1.165) is 42.8 Å². The Labute approximate surface area is 224 Å². The maximum absolute atomic E-state index is 12.6. The highest BCUT2D eigenvalue weighted by molar-refractivity contribution is 7.89. The maximum Gasteiger partial charge on any atom is 0.240 e. The Morgan fingerprint density at radius 2 is 1.63 bits per heavy atom. The summed E-state index contributed by atoms with van der Waals surface area (Å²) in [6.07, 6.45) is 7.39. The number of aromatic nitrogens is 4. The van der Waals surface area contributed by atoms with Crippen molar-refractivity contribution in [1.29, 1.82) is 0 Å². The van der Waals surface area contributed by atoms with Gasteiger partial charge >= 0.3 is 0 Å². The third-order valence-corrected chi connectivity index (χ3v) is 7.56. The third-order valence-electron chi connectivity index (χ3n) is 6.08. The standard InChI is InChI=1S/C28H35N7O2S/c1-21(2)35-20-26(33-27(35)22-10-6-5-7-11-22)25-16-19-30-28(34-25)32-23-12-14-24(15-13-23)38(36,37)31-18-9-4-3-8-17-29/h5-7,10-16,19-21,31H,3-4,8-9,17-18,29H2,1-2H3,(H,30,32,34). The summed E-state index contributed by atoms with van der Waals surface area (Å²) in [5, 5.41) is 3.16. The van der Waals surface area contributed by atoms with Crippen LogP contribution in [0.5, 0.6) is 0 Å². The fourth-order valence-electron chi connectivity index (χ4n) is 4.03. The first-order valence-corrected chi connectivity index (χ1v) is 14.4. The van der Waals surface area contributed by atoms with E-state index in [2.05, 4.69) is 38.4 Å². The second kappa shape index (κ2) is 12.8. The molecule has 2 aromatic heterocycles. The van der Waals surface area contributed by atoms with Crippen molar-refractivity contribution in [1.82, 2.24) is 24.2 Å². The van der Waals surface area contributed by atoms with Gasteiger partial charge in [-0.05, 0) is 63.6 Å². The highest BCUT2D eigenvalue weighted by atomic mass is 32.2. The summed E-state index contributed by atoms with van der Waals surface area (Å²) in [6, 6.07) is 18.7. The van der Waals surface area contributed by atoms with Crippen molar-refractivity contribution in [2.75, 3.05) is 18.4 Å². The van der Waals surface area contributed by atoms with Crippen LogP contribution in [0.25, 0.3) is 22.8 Å². The van der Waals surface area contributed by atoms with Gasteiger partial charge in [0.2, 0.25) is 16.0 Å². The summed E-state index contributed by atoms with van der Waals surface area (Å²) in [5.74, 6) is 1.28. The average molecular weight is 534 g/mol. The molecule has 4 aromatic rings.